The van der Waals surface area contributed by atoms with Crippen LogP contribution in [-0.4, -0.2) is 23.4 Å². The van der Waals surface area contributed by atoms with Crippen molar-refractivity contribution in [3.05, 3.63) is 34.9 Å². The summed E-state index contributed by atoms with van der Waals surface area (Å²) in [6, 6.07) is 0. The molecular formula is C20H32O2. The molecule has 1 heterocycles. The van der Waals surface area contributed by atoms with Crippen LogP contribution in [0.1, 0.15) is 66.2 Å². The molecule has 0 aromatic carbocycles. The van der Waals surface area contributed by atoms with E-state index < -0.39 is 0 Å². The molecule has 22 heavy (non-hydrogen) atoms. The molecule has 1 fully saturated rings. The molecule has 0 amide bonds. The van der Waals surface area contributed by atoms with Crippen LogP contribution in [0.4, 0.5) is 0 Å². The summed E-state index contributed by atoms with van der Waals surface area (Å²) >= 11 is 0. The molecule has 0 spiro atoms. The first-order chi connectivity index (χ1) is 10.5. The monoisotopic (exact) mass is 304 g/mol. The van der Waals surface area contributed by atoms with E-state index in [1.54, 1.807) is 0 Å². The van der Waals surface area contributed by atoms with E-state index in [0.29, 0.717) is 5.92 Å². The second kappa shape index (κ2) is 7.61. The van der Waals surface area contributed by atoms with Gasteiger partial charge >= 0.3 is 0 Å². The number of ether oxygens (including phenoxy) is 1. The molecule has 1 N–H and O–H groups in total. The second-order valence-electron chi connectivity index (χ2n) is 7.37. The Kier molecular flexibility index (Phi) is 6.05. The Bertz CT molecular complexity index is 470. The highest BCUT2D eigenvalue weighted by atomic mass is 16.6. The fourth-order valence-electron chi connectivity index (χ4n) is 3.27. The first-order valence-electron chi connectivity index (χ1n) is 8.77. The molecule has 0 saturated carbocycles. The van der Waals surface area contributed by atoms with Crippen LogP contribution in [0.15, 0.2) is 34.9 Å². The fourth-order valence-corrected chi connectivity index (χ4v) is 3.27. The summed E-state index contributed by atoms with van der Waals surface area (Å²) < 4.78 is 5.85. The maximum atomic E-state index is 9.66. The van der Waals surface area contributed by atoms with Gasteiger partial charge in [0.25, 0.3) is 0 Å². The summed E-state index contributed by atoms with van der Waals surface area (Å²) in [6.07, 6.45) is 13.5. The molecule has 124 valence electrons. The van der Waals surface area contributed by atoms with Crippen LogP contribution >= 0.6 is 0 Å². The summed E-state index contributed by atoms with van der Waals surface area (Å²) in [6.45, 7) is 9.15. The fraction of sp³-hybridized carbons (Fsp3) is 0.700. The van der Waals surface area contributed by atoms with Crippen LogP contribution < -0.4 is 0 Å². The molecule has 1 aliphatic heterocycles. The molecule has 0 radical (unpaired) electrons. The van der Waals surface area contributed by atoms with E-state index in [1.165, 1.54) is 16.7 Å². The Balaban J connectivity index is 2.12. The van der Waals surface area contributed by atoms with Crippen molar-refractivity contribution in [3.8, 4) is 0 Å². The molecule has 2 atom stereocenters. The van der Waals surface area contributed by atoms with Gasteiger partial charge in [-0.3, -0.25) is 0 Å². The maximum Gasteiger partial charge on any atom is 0.118 e. The van der Waals surface area contributed by atoms with E-state index in [9.17, 15) is 5.11 Å². The predicted octanol–water partition coefficient (Wildman–Crippen LogP) is 4.95. The molecule has 2 nitrogen and oxygen atoms in total. The van der Waals surface area contributed by atoms with Crippen molar-refractivity contribution >= 4 is 0 Å². The van der Waals surface area contributed by atoms with Gasteiger partial charge in [-0.25, -0.2) is 0 Å². The smallest absolute Gasteiger partial charge is 0.118 e. The lowest BCUT2D eigenvalue weighted by molar-refractivity contribution is 0.164. The third kappa shape index (κ3) is 4.57. The van der Waals surface area contributed by atoms with Crippen molar-refractivity contribution in [2.75, 3.05) is 6.61 Å². The summed E-state index contributed by atoms with van der Waals surface area (Å²) in [5, 5.41) is 9.66. The average molecular weight is 304 g/mol. The molecule has 2 rings (SSSR count). The summed E-state index contributed by atoms with van der Waals surface area (Å²) in [5.74, 6) is 0.610. The highest BCUT2D eigenvalue weighted by Gasteiger charge is 2.54. The van der Waals surface area contributed by atoms with Crippen LogP contribution in [0.25, 0.3) is 0 Å². The number of fused-ring (bicyclic) bond motifs is 1. The van der Waals surface area contributed by atoms with Crippen molar-refractivity contribution in [2.24, 2.45) is 5.92 Å². The zero-order valence-electron chi connectivity index (χ0n) is 14.7. The minimum Gasteiger partial charge on any atom is -0.393 e. The van der Waals surface area contributed by atoms with Crippen LogP contribution in [0.5, 0.6) is 0 Å². The highest BCUT2D eigenvalue weighted by molar-refractivity contribution is 5.20. The van der Waals surface area contributed by atoms with Gasteiger partial charge in [-0.1, -0.05) is 48.8 Å². The minimum atomic E-state index is -0.250. The average Bonchev–Trinajstić information content (AvgIpc) is 3.18. The summed E-state index contributed by atoms with van der Waals surface area (Å²) in [4.78, 5) is 0. The van der Waals surface area contributed by atoms with Crippen molar-refractivity contribution in [1.82, 2.24) is 0 Å². The molecule has 2 aliphatic rings. The molecule has 1 saturated heterocycles. The van der Waals surface area contributed by atoms with Gasteiger partial charge in [0.2, 0.25) is 0 Å². The van der Waals surface area contributed by atoms with Crippen molar-refractivity contribution in [2.45, 2.75) is 77.9 Å². The van der Waals surface area contributed by atoms with Gasteiger partial charge in [0, 0.05) is 0 Å². The van der Waals surface area contributed by atoms with Crippen molar-refractivity contribution < 1.29 is 9.84 Å². The van der Waals surface area contributed by atoms with Gasteiger partial charge in [0.05, 0.1) is 12.7 Å². The SMILES string of the molecule is CC1=CCCC2(CO)OC2CCC(C)=CC=C(C(C)C)CC1. The normalized spacial score (nSPS) is 30.8. The van der Waals surface area contributed by atoms with E-state index in [4.69, 9.17) is 4.74 Å². The minimum absolute atomic E-state index is 0.157. The lowest BCUT2D eigenvalue weighted by atomic mass is 9.92. The van der Waals surface area contributed by atoms with Crippen molar-refractivity contribution in [3.63, 3.8) is 0 Å². The Morgan fingerprint density at radius 3 is 2.64 bits per heavy atom. The molecule has 2 unspecified atom stereocenters. The van der Waals surface area contributed by atoms with E-state index in [-0.39, 0.29) is 18.3 Å². The predicted molar refractivity (Wildman–Crippen MR) is 92.8 cm³/mol. The van der Waals surface area contributed by atoms with E-state index in [1.807, 2.05) is 0 Å². The van der Waals surface area contributed by atoms with Crippen LogP contribution in [0.2, 0.25) is 0 Å². The number of rotatable bonds is 2. The maximum absolute atomic E-state index is 9.66. The molecule has 0 aromatic heterocycles. The lowest BCUT2D eigenvalue weighted by Crippen LogP contribution is -2.20. The third-order valence-corrected chi connectivity index (χ3v) is 5.17. The van der Waals surface area contributed by atoms with E-state index in [0.717, 1.165) is 38.5 Å². The Morgan fingerprint density at radius 2 is 1.95 bits per heavy atom. The van der Waals surface area contributed by atoms with E-state index >= 15 is 0 Å². The van der Waals surface area contributed by atoms with Crippen molar-refractivity contribution in [1.29, 1.82) is 0 Å². The molecule has 2 heteroatoms. The number of hydrogen-bond acceptors (Lipinski definition) is 2. The Labute approximate surface area is 136 Å². The number of epoxide rings is 1. The summed E-state index contributed by atoms with van der Waals surface area (Å²) in [5.41, 5.74) is 4.15. The third-order valence-electron chi connectivity index (χ3n) is 5.17. The molecular weight excluding hydrogens is 272 g/mol. The van der Waals surface area contributed by atoms with Gasteiger partial charge < -0.3 is 9.84 Å². The number of aliphatic hydroxyl groups excluding tert-OH is 1. The Hall–Kier alpha value is -0.860. The van der Waals surface area contributed by atoms with Crippen LogP contribution in [0.3, 0.4) is 0 Å². The summed E-state index contributed by atoms with van der Waals surface area (Å²) in [7, 11) is 0. The highest BCUT2D eigenvalue weighted by Crippen LogP contribution is 2.43. The second-order valence-corrected chi connectivity index (χ2v) is 7.37. The van der Waals surface area contributed by atoms with Gasteiger partial charge in [0.15, 0.2) is 0 Å². The topological polar surface area (TPSA) is 32.8 Å². The van der Waals surface area contributed by atoms with Crippen LogP contribution in [-0.2, 0) is 4.74 Å². The van der Waals surface area contributed by atoms with Gasteiger partial charge in [-0.05, 0) is 58.3 Å². The first-order valence-corrected chi connectivity index (χ1v) is 8.77. The van der Waals surface area contributed by atoms with E-state index in [2.05, 4.69) is 45.9 Å². The number of hydrogen-bond donors (Lipinski definition) is 1. The van der Waals surface area contributed by atoms with Gasteiger partial charge in [0.1, 0.15) is 5.60 Å². The van der Waals surface area contributed by atoms with Crippen LogP contribution in [0, 0.1) is 5.92 Å². The Morgan fingerprint density at radius 1 is 1.18 bits per heavy atom. The number of aliphatic hydroxyl groups is 1. The standard InChI is InChI=1S/C20H32O2/c1-15(2)18-10-7-16(3)6-5-13-20(14-21)19(22-20)12-9-17(4)8-11-18/h6,8,11,15,19,21H,5,7,9-10,12-14H2,1-4H3. The first kappa shape index (κ1) is 17.5. The number of allylic oxidation sites excluding steroid dienone is 6. The molecule has 1 aliphatic carbocycles. The van der Waals surface area contributed by atoms with Gasteiger partial charge in [-0.2, -0.15) is 0 Å². The molecule has 0 aromatic rings. The lowest BCUT2D eigenvalue weighted by Gasteiger charge is -2.13. The largest absolute Gasteiger partial charge is 0.393 e. The molecule has 0 bridgehead atoms. The quantitative estimate of drug-likeness (QED) is 0.578. The van der Waals surface area contributed by atoms with Gasteiger partial charge in [-0.15, -0.1) is 0 Å². The zero-order valence-corrected chi connectivity index (χ0v) is 14.7. The zero-order chi connectivity index (χ0) is 16.2.